The lowest BCUT2D eigenvalue weighted by Crippen LogP contribution is -2.47. The number of nitrogens with zero attached hydrogens (tertiary/aromatic N) is 3. The molecule has 1 aliphatic carbocycles. The molecule has 0 radical (unpaired) electrons. The summed E-state index contributed by atoms with van der Waals surface area (Å²) in [5, 5.41) is 1.11. The highest BCUT2D eigenvalue weighted by atomic mass is 16.4. The molecule has 0 unspecified atom stereocenters. The van der Waals surface area contributed by atoms with Crippen LogP contribution in [-0.4, -0.2) is 58.9 Å². The summed E-state index contributed by atoms with van der Waals surface area (Å²) in [6.07, 6.45) is 4.98. The summed E-state index contributed by atoms with van der Waals surface area (Å²) in [5.41, 5.74) is 4.20. The van der Waals surface area contributed by atoms with Crippen molar-refractivity contribution in [1.82, 2.24) is 14.4 Å². The Labute approximate surface area is 207 Å². The summed E-state index contributed by atoms with van der Waals surface area (Å²) in [5.74, 6) is 1.01. The maximum Gasteiger partial charge on any atom is 0.298 e. The van der Waals surface area contributed by atoms with Gasteiger partial charge in [-0.05, 0) is 62.2 Å². The summed E-state index contributed by atoms with van der Waals surface area (Å²) in [4.78, 5) is 30.9. The molecule has 0 saturated heterocycles. The topological polar surface area (TPSA) is 58.7 Å². The van der Waals surface area contributed by atoms with Gasteiger partial charge in [0.15, 0.2) is 5.76 Å². The first-order chi connectivity index (χ1) is 16.6. The monoisotopic (exact) mass is 473 g/mol. The largest absolute Gasteiger partial charge is 0.455 e. The molecule has 3 aromatic rings. The summed E-state index contributed by atoms with van der Waals surface area (Å²) in [6, 6.07) is 9.99. The van der Waals surface area contributed by atoms with Crippen LogP contribution in [-0.2, 0) is 16.6 Å². The molecule has 2 atom stereocenters. The van der Waals surface area contributed by atoms with Gasteiger partial charge in [0.1, 0.15) is 5.76 Å². The number of carbonyl (C=O) groups excluding carboxylic acids is 2. The van der Waals surface area contributed by atoms with Gasteiger partial charge in [-0.25, -0.2) is 0 Å². The molecule has 2 aromatic heterocycles. The molecule has 0 saturated carbocycles. The Morgan fingerprint density at radius 1 is 1.11 bits per heavy atom. The van der Waals surface area contributed by atoms with Gasteiger partial charge in [0.2, 0.25) is 5.91 Å². The second-order valence-corrected chi connectivity index (χ2v) is 10.8. The van der Waals surface area contributed by atoms with E-state index in [1.807, 2.05) is 43.1 Å². The highest BCUT2D eigenvalue weighted by molar-refractivity contribution is 6.06. The SMILES string of the molecule is CCN(CC)C(=O)[C@@H]1C=C2c3cccc4c3c(cn4C(=O)c3ccc(C(C)(C)C)o3)C[C@H]2N(C)C1. The molecular weight excluding hydrogens is 438 g/mol. The van der Waals surface area contributed by atoms with Crippen molar-refractivity contribution < 1.29 is 14.0 Å². The average Bonchev–Trinajstić information content (AvgIpc) is 3.47. The van der Waals surface area contributed by atoms with Crippen molar-refractivity contribution >= 4 is 28.3 Å². The Kier molecular flexibility index (Phi) is 5.75. The first-order valence-corrected chi connectivity index (χ1v) is 12.6. The quantitative estimate of drug-likeness (QED) is 0.538. The van der Waals surface area contributed by atoms with Crippen molar-refractivity contribution in [1.29, 1.82) is 0 Å². The molecule has 5 rings (SSSR count). The Morgan fingerprint density at radius 3 is 2.51 bits per heavy atom. The third-order valence-electron chi connectivity index (χ3n) is 7.56. The van der Waals surface area contributed by atoms with Gasteiger partial charge in [0.25, 0.3) is 5.91 Å². The third-order valence-corrected chi connectivity index (χ3v) is 7.56. The van der Waals surface area contributed by atoms with E-state index >= 15 is 0 Å². The number of furan rings is 1. The van der Waals surface area contributed by atoms with Crippen LogP contribution in [0.5, 0.6) is 0 Å². The number of hydrogen-bond acceptors (Lipinski definition) is 4. The van der Waals surface area contributed by atoms with Gasteiger partial charge in [-0.3, -0.25) is 19.1 Å². The first kappa shape index (κ1) is 23.6. The molecule has 3 heterocycles. The van der Waals surface area contributed by atoms with Crippen molar-refractivity contribution in [3.63, 3.8) is 0 Å². The lowest BCUT2D eigenvalue weighted by molar-refractivity contribution is -0.134. The molecule has 35 heavy (non-hydrogen) atoms. The van der Waals surface area contributed by atoms with Crippen molar-refractivity contribution in [3.05, 3.63) is 65.3 Å². The van der Waals surface area contributed by atoms with Gasteiger partial charge >= 0.3 is 0 Å². The number of amides is 1. The Balaban J connectivity index is 1.58. The molecule has 6 heteroatoms. The number of rotatable bonds is 4. The van der Waals surface area contributed by atoms with E-state index < -0.39 is 0 Å². The van der Waals surface area contributed by atoms with Gasteiger partial charge in [-0.2, -0.15) is 0 Å². The summed E-state index contributed by atoms with van der Waals surface area (Å²) >= 11 is 0. The smallest absolute Gasteiger partial charge is 0.298 e. The number of hydrogen-bond donors (Lipinski definition) is 0. The number of benzene rings is 1. The summed E-state index contributed by atoms with van der Waals surface area (Å²) < 4.78 is 7.70. The molecular formula is C29H35N3O3. The van der Waals surface area contributed by atoms with Gasteiger partial charge in [-0.1, -0.05) is 39.0 Å². The highest BCUT2D eigenvalue weighted by Crippen LogP contribution is 2.42. The number of fused-ring (bicyclic) bond motifs is 2. The number of carbonyl (C=O) groups is 2. The van der Waals surface area contributed by atoms with E-state index in [1.54, 1.807) is 10.6 Å². The van der Waals surface area contributed by atoms with E-state index in [-0.39, 0.29) is 29.2 Å². The van der Waals surface area contributed by atoms with Gasteiger partial charge in [0, 0.05) is 42.7 Å². The normalized spacial score (nSPS) is 20.0. The van der Waals surface area contributed by atoms with Crippen LogP contribution in [0.2, 0.25) is 0 Å². The number of aromatic nitrogens is 1. The van der Waals surface area contributed by atoms with E-state index in [1.165, 1.54) is 5.57 Å². The Bertz CT molecular complexity index is 1330. The first-order valence-electron chi connectivity index (χ1n) is 12.6. The lowest BCUT2D eigenvalue weighted by atomic mass is 9.79. The van der Waals surface area contributed by atoms with Crippen LogP contribution >= 0.6 is 0 Å². The van der Waals surface area contributed by atoms with Crippen LogP contribution in [0.15, 0.2) is 47.0 Å². The van der Waals surface area contributed by atoms with E-state index in [0.717, 1.165) is 47.3 Å². The van der Waals surface area contributed by atoms with Crippen LogP contribution in [0, 0.1) is 5.92 Å². The predicted octanol–water partition coefficient (Wildman–Crippen LogP) is 4.96. The zero-order valence-corrected chi connectivity index (χ0v) is 21.6. The molecule has 0 N–H and O–H groups in total. The van der Waals surface area contributed by atoms with Crippen LogP contribution in [0.3, 0.4) is 0 Å². The predicted molar refractivity (Wildman–Crippen MR) is 139 cm³/mol. The van der Waals surface area contributed by atoms with Crippen molar-refractivity contribution in [2.75, 3.05) is 26.7 Å². The summed E-state index contributed by atoms with van der Waals surface area (Å²) in [7, 11) is 2.10. The molecule has 0 bridgehead atoms. The lowest BCUT2D eigenvalue weighted by Gasteiger charge is -2.40. The minimum Gasteiger partial charge on any atom is -0.455 e. The molecule has 0 fully saturated rings. The van der Waals surface area contributed by atoms with Crippen molar-refractivity contribution in [2.24, 2.45) is 5.92 Å². The Hall–Kier alpha value is -3.12. The highest BCUT2D eigenvalue weighted by Gasteiger charge is 2.37. The average molecular weight is 474 g/mol. The van der Waals surface area contributed by atoms with Crippen LogP contribution < -0.4 is 0 Å². The maximum absolute atomic E-state index is 13.5. The molecule has 1 aliphatic heterocycles. The zero-order chi connectivity index (χ0) is 25.1. The van der Waals surface area contributed by atoms with Crippen LogP contribution in [0.25, 0.3) is 16.5 Å². The van der Waals surface area contributed by atoms with Crippen LogP contribution in [0.1, 0.15) is 62.1 Å². The van der Waals surface area contributed by atoms with Gasteiger partial charge in [0.05, 0.1) is 11.4 Å². The molecule has 6 nitrogen and oxygen atoms in total. The van der Waals surface area contributed by atoms with Crippen LogP contribution in [0.4, 0.5) is 0 Å². The second kappa shape index (κ2) is 8.52. The molecule has 184 valence electrons. The molecule has 1 amide bonds. The molecule has 0 spiro atoms. The second-order valence-electron chi connectivity index (χ2n) is 10.8. The fourth-order valence-electron chi connectivity index (χ4n) is 5.62. The minimum atomic E-state index is -0.162. The van der Waals surface area contributed by atoms with Crippen molar-refractivity contribution in [2.45, 2.75) is 52.5 Å². The summed E-state index contributed by atoms with van der Waals surface area (Å²) in [6.45, 7) is 12.4. The number of likely N-dealkylation sites (N-methyl/N-ethyl adjacent to an activating group) is 1. The standard InChI is InChI=1S/C29H35N3O3/c1-7-31(8-2)27(33)19-14-21-20-10-9-11-22-26(20)18(15-23(21)30(6)16-19)17-32(22)28(34)24-12-13-25(35-24)29(3,4)5/h9-14,17,19,23H,7-8,15-16H2,1-6H3/t19-,23-/m1/s1. The Morgan fingerprint density at radius 2 is 1.86 bits per heavy atom. The van der Waals surface area contributed by atoms with Gasteiger partial charge < -0.3 is 9.32 Å². The third kappa shape index (κ3) is 3.84. The van der Waals surface area contributed by atoms with Gasteiger partial charge in [-0.15, -0.1) is 0 Å². The molecule has 1 aromatic carbocycles. The van der Waals surface area contributed by atoms with Crippen molar-refractivity contribution in [3.8, 4) is 0 Å². The van der Waals surface area contributed by atoms with E-state index in [0.29, 0.717) is 12.3 Å². The fourth-order valence-corrected chi connectivity index (χ4v) is 5.62. The maximum atomic E-state index is 13.5. The van der Waals surface area contributed by atoms with E-state index in [2.05, 4.69) is 44.9 Å². The van der Waals surface area contributed by atoms with E-state index in [4.69, 9.17) is 4.42 Å². The fraction of sp³-hybridized carbons (Fsp3) is 0.448. The van der Waals surface area contributed by atoms with E-state index in [9.17, 15) is 9.59 Å². The molecule has 2 aliphatic rings. The minimum absolute atomic E-state index is 0.157. The zero-order valence-electron chi connectivity index (χ0n) is 21.6.